The first-order chi connectivity index (χ1) is 7.22. The van der Waals surface area contributed by atoms with Crippen molar-refractivity contribution in [3.8, 4) is 0 Å². The van der Waals surface area contributed by atoms with Gasteiger partial charge in [-0.15, -0.1) is 0 Å². The molecule has 4 nitrogen and oxygen atoms in total. The molecule has 1 aliphatic rings. The van der Waals surface area contributed by atoms with Gasteiger partial charge in [-0.1, -0.05) is 12.2 Å². The lowest BCUT2D eigenvalue weighted by Crippen LogP contribution is -2.34. The van der Waals surface area contributed by atoms with Gasteiger partial charge in [-0.25, -0.2) is 0 Å². The predicted octanol–water partition coefficient (Wildman–Crippen LogP) is 0.655. The van der Waals surface area contributed by atoms with Gasteiger partial charge in [-0.3, -0.25) is 14.6 Å². The molecule has 0 amide bonds. The smallest absolute Gasteiger partial charge is 0.317 e. The van der Waals surface area contributed by atoms with Gasteiger partial charge in [0.05, 0.1) is 6.54 Å². The van der Waals surface area contributed by atoms with Crippen LogP contribution in [0.1, 0.15) is 13.3 Å². The maximum absolute atomic E-state index is 10.6. The van der Waals surface area contributed by atoms with Crippen molar-refractivity contribution in [2.75, 3.05) is 39.3 Å². The quantitative estimate of drug-likeness (QED) is 0.695. The monoisotopic (exact) mass is 212 g/mol. The van der Waals surface area contributed by atoms with Crippen LogP contribution in [-0.4, -0.2) is 60.1 Å². The summed E-state index contributed by atoms with van der Waals surface area (Å²) >= 11 is 0. The van der Waals surface area contributed by atoms with E-state index in [-0.39, 0.29) is 6.54 Å². The highest BCUT2D eigenvalue weighted by atomic mass is 16.4. The Hall–Kier alpha value is -0.870. The highest BCUT2D eigenvalue weighted by Gasteiger charge is 2.15. The van der Waals surface area contributed by atoms with E-state index in [1.54, 1.807) is 0 Å². The van der Waals surface area contributed by atoms with E-state index in [1.165, 1.54) is 0 Å². The number of hydrogen-bond acceptors (Lipinski definition) is 3. The summed E-state index contributed by atoms with van der Waals surface area (Å²) in [6.45, 7) is 6.99. The minimum atomic E-state index is -0.725. The lowest BCUT2D eigenvalue weighted by molar-refractivity contribution is -0.138. The normalized spacial score (nSPS) is 20.6. The molecular formula is C11H20N2O2. The Morgan fingerprint density at radius 1 is 1.27 bits per heavy atom. The van der Waals surface area contributed by atoms with E-state index in [2.05, 4.69) is 17.1 Å². The number of aliphatic carboxylic acids is 1. The highest BCUT2D eigenvalue weighted by molar-refractivity contribution is 5.69. The Balaban J connectivity index is 2.31. The van der Waals surface area contributed by atoms with Crippen LogP contribution in [-0.2, 0) is 4.79 Å². The number of carbonyl (C=O) groups is 1. The van der Waals surface area contributed by atoms with Gasteiger partial charge in [0.25, 0.3) is 0 Å². The average molecular weight is 212 g/mol. The summed E-state index contributed by atoms with van der Waals surface area (Å²) in [6, 6.07) is 0. The molecule has 1 rings (SSSR count). The van der Waals surface area contributed by atoms with Crippen LogP contribution in [0.5, 0.6) is 0 Å². The molecule has 0 aromatic rings. The van der Waals surface area contributed by atoms with E-state index < -0.39 is 5.97 Å². The molecule has 1 fully saturated rings. The Morgan fingerprint density at radius 2 is 1.93 bits per heavy atom. The number of rotatable bonds is 4. The molecule has 0 atom stereocenters. The van der Waals surface area contributed by atoms with Crippen LogP contribution in [0.3, 0.4) is 0 Å². The minimum absolute atomic E-state index is 0.178. The molecular weight excluding hydrogens is 192 g/mol. The fraction of sp³-hybridized carbons (Fsp3) is 0.727. The van der Waals surface area contributed by atoms with Gasteiger partial charge in [0, 0.05) is 26.2 Å². The first-order valence-corrected chi connectivity index (χ1v) is 5.50. The van der Waals surface area contributed by atoms with Gasteiger partial charge in [0.2, 0.25) is 0 Å². The summed E-state index contributed by atoms with van der Waals surface area (Å²) in [5.74, 6) is -0.725. The lowest BCUT2D eigenvalue weighted by atomic mass is 10.3. The average Bonchev–Trinajstić information content (AvgIpc) is 2.40. The first-order valence-electron chi connectivity index (χ1n) is 5.50. The van der Waals surface area contributed by atoms with Crippen LogP contribution >= 0.6 is 0 Å². The topological polar surface area (TPSA) is 43.8 Å². The molecule has 1 aliphatic heterocycles. The zero-order valence-corrected chi connectivity index (χ0v) is 9.35. The molecule has 0 spiro atoms. The van der Waals surface area contributed by atoms with Crippen molar-refractivity contribution in [1.82, 2.24) is 9.80 Å². The van der Waals surface area contributed by atoms with Crippen LogP contribution < -0.4 is 0 Å². The van der Waals surface area contributed by atoms with E-state index >= 15 is 0 Å². The maximum Gasteiger partial charge on any atom is 0.317 e. The van der Waals surface area contributed by atoms with Crippen molar-refractivity contribution in [2.45, 2.75) is 13.3 Å². The molecule has 1 N–H and O–H groups in total. The third-order valence-corrected chi connectivity index (χ3v) is 2.64. The Morgan fingerprint density at radius 3 is 2.60 bits per heavy atom. The van der Waals surface area contributed by atoms with Crippen LogP contribution in [0.25, 0.3) is 0 Å². The van der Waals surface area contributed by atoms with Crippen molar-refractivity contribution < 1.29 is 9.90 Å². The van der Waals surface area contributed by atoms with Gasteiger partial charge < -0.3 is 5.11 Å². The first kappa shape index (κ1) is 12.2. The number of hydrogen-bond donors (Lipinski definition) is 1. The lowest BCUT2D eigenvalue weighted by Gasteiger charge is -2.19. The number of nitrogens with zero attached hydrogens (tertiary/aromatic N) is 2. The molecule has 0 aromatic carbocycles. The zero-order valence-electron chi connectivity index (χ0n) is 9.35. The van der Waals surface area contributed by atoms with E-state index in [9.17, 15) is 4.79 Å². The molecule has 0 unspecified atom stereocenters. The molecule has 0 bridgehead atoms. The highest BCUT2D eigenvalue weighted by Crippen LogP contribution is 2.02. The van der Waals surface area contributed by atoms with Gasteiger partial charge in [-0.2, -0.15) is 0 Å². The molecule has 1 heterocycles. The minimum Gasteiger partial charge on any atom is -0.480 e. The molecule has 0 aromatic heterocycles. The number of carboxylic acid groups (broad SMARTS) is 1. The number of carboxylic acids is 1. The van der Waals surface area contributed by atoms with Gasteiger partial charge in [0.1, 0.15) is 0 Å². The van der Waals surface area contributed by atoms with E-state index in [1.807, 2.05) is 11.8 Å². The van der Waals surface area contributed by atoms with Gasteiger partial charge >= 0.3 is 5.97 Å². The second-order valence-corrected chi connectivity index (χ2v) is 3.89. The van der Waals surface area contributed by atoms with Crippen molar-refractivity contribution in [2.24, 2.45) is 0 Å². The van der Waals surface area contributed by atoms with Crippen molar-refractivity contribution in [3.63, 3.8) is 0 Å². The van der Waals surface area contributed by atoms with Crippen LogP contribution in [0.15, 0.2) is 12.2 Å². The second kappa shape index (κ2) is 6.58. The Labute approximate surface area is 91.2 Å². The Kier molecular flexibility index (Phi) is 5.36. The molecule has 15 heavy (non-hydrogen) atoms. The third kappa shape index (κ3) is 4.95. The molecule has 4 heteroatoms. The SMILES string of the molecule is CC=CCN1CCCN(CC(=O)O)CC1. The van der Waals surface area contributed by atoms with Gasteiger partial charge in [0.15, 0.2) is 0 Å². The maximum atomic E-state index is 10.6. The van der Waals surface area contributed by atoms with Crippen LogP contribution in [0.2, 0.25) is 0 Å². The van der Waals surface area contributed by atoms with Crippen LogP contribution in [0, 0.1) is 0 Å². The zero-order chi connectivity index (χ0) is 11.1. The summed E-state index contributed by atoms with van der Waals surface area (Å²) < 4.78 is 0. The van der Waals surface area contributed by atoms with Crippen molar-refractivity contribution in [3.05, 3.63) is 12.2 Å². The van der Waals surface area contributed by atoms with E-state index in [0.29, 0.717) is 0 Å². The molecule has 0 saturated carbocycles. The molecule has 86 valence electrons. The summed E-state index contributed by atoms with van der Waals surface area (Å²) in [6.07, 6.45) is 5.26. The molecule has 0 aliphatic carbocycles. The third-order valence-electron chi connectivity index (χ3n) is 2.64. The fourth-order valence-electron chi connectivity index (χ4n) is 1.81. The van der Waals surface area contributed by atoms with Crippen molar-refractivity contribution >= 4 is 5.97 Å². The molecule has 0 radical (unpaired) electrons. The standard InChI is InChI=1S/C11H20N2O2/c1-2-3-5-12-6-4-7-13(9-8-12)10-11(14)15/h2-3H,4-10H2,1H3,(H,14,15). The van der Waals surface area contributed by atoms with Crippen molar-refractivity contribution in [1.29, 1.82) is 0 Å². The number of allylic oxidation sites excluding steroid dienone is 1. The summed E-state index contributed by atoms with van der Waals surface area (Å²) in [5, 5.41) is 8.70. The molecule has 1 saturated heterocycles. The second-order valence-electron chi connectivity index (χ2n) is 3.89. The fourth-order valence-corrected chi connectivity index (χ4v) is 1.81. The predicted molar refractivity (Wildman–Crippen MR) is 59.9 cm³/mol. The van der Waals surface area contributed by atoms with E-state index in [4.69, 9.17) is 5.11 Å². The Bertz CT molecular complexity index is 229. The van der Waals surface area contributed by atoms with Gasteiger partial charge in [-0.05, 0) is 19.9 Å². The summed E-state index contributed by atoms with van der Waals surface area (Å²) in [7, 11) is 0. The largest absolute Gasteiger partial charge is 0.480 e. The summed E-state index contributed by atoms with van der Waals surface area (Å²) in [5.41, 5.74) is 0. The summed E-state index contributed by atoms with van der Waals surface area (Å²) in [4.78, 5) is 14.9. The van der Waals surface area contributed by atoms with E-state index in [0.717, 1.165) is 39.1 Å². The van der Waals surface area contributed by atoms with Crippen LogP contribution in [0.4, 0.5) is 0 Å².